The minimum Gasteiger partial charge on any atom is -0.494 e. The molecule has 0 saturated heterocycles. The Morgan fingerprint density at radius 1 is 1.21 bits per heavy atom. The van der Waals surface area contributed by atoms with Gasteiger partial charge >= 0.3 is 0 Å². The summed E-state index contributed by atoms with van der Waals surface area (Å²) in [5.41, 5.74) is 1.24. The van der Waals surface area contributed by atoms with Crippen LogP contribution in [0.5, 0.6) is 5.75 Å². The number of benzene rings is 1. The van der Waals surface area contributed by atoms with Gasteiger partial charge in [-0.25, -0.2) is 0 Å². The minimum absolute atomic E-state index is 0.704. The summed E-state index contributed by atoms with van der Waals surface area (Å²) in [7, 11) is 0. The van der Waals surface area contributed by atoms with E-state index in [1.807, 2.05) is 13.0 Å². The number of rotatable bonds is 4. The van der Waals surface area contributed by atoms with Crippen LogP contribution in [0.4, 0.5) is 0 Å². The van der Waals surface area contributed by atoms with Gasteiger partial charge in [0, 0.05) is 22.0 Å². The third-order valence-corrected chi connectivity index (χ3v) is 4.62. The molecule has 0 aliphatic rings. The molecule has 98 valence electrons. The Bertz CT molecular complexity index is 701. The van der Waals surface area contributed by atoms with Crippen LogP contribution in [0.2, 0.25) is 0 Å². The van der Waals surface area contributed by atoms with E-state index in [4.69, 9.17) is 4.74 Å². The Morgan fingerprint density at radius 2 is 2.11 bits per heavy atom. The molecule has 0 aliphatic heterocycles. The fraction of sp³-hybridized carbons (Fsp3) is 0.200. The van der Waals surface area contributed by atoms with E-state index in [1.165, 1.54) is 19.6 Å². The van der Waals surface area contributed by atoms with Gasteiger partial charge < -0.3 is 9.30 Å². The molecular weight excluding hydrogens is 322 g/mol. The largest absolute Gasteiger partial charge is 0.494 e. The lowest BCUT2D eigenvalue weighted by molar-refractivity contribution is 0.340. The molecule has 2 aromatic heterocycles. The van der Waals surface area contributed by atoms with Crippen LogP contribution in [0.15, 0.2) is 46.4 Å². The van der Waals surface area contributed by atoms with E-state index in [0.29, 0.717) is 6.61 Å². The van der Waals surface area contributed by atoms with Gasteiger partial charge in [0.1, 0.15) is 5.75 Å². The average molecular weight is 336 g/mol. The summed E-state index contributed by atoms with van der Waals surface area (Å²) in [6.07, 6.45) is 2.13. The molecule has 3 rings (SSSR count). The molecule has 0 N–H and O–H groups in total. The van der Waals surface area contributed by atoms with Gasteiger partial charge in [0.15, 0.2) is 0 Å². The highest BCUT2D eigenvalue weighted by atomic mass is 79.9. The second-order valence-corrected chi connectivity index (χ2v) is 6.85. The highest BCUT2D eigenvalue weighted by Crippen LogP contribution is 2.26. The van der Waals surface area contributed by atoms with Crippen molar-refractivity contribution in [2.24, 2.45) is 0 Å². The van der Waals surface area contributed by atoms with E-state index in [-0.39, 0.29) is 0 Å². The van der Waals surface area contributed by atoms with Gasteiger partial charge in [-0.05, 0) is 59.3 Å². The average Bonchev–Trinajstić information content (AvgIpc) is 2.97. The second kappa shape index (κ2) is 5.39. The first-order valence-corrected chi connectivity index (χ1v) is 7.83. The lowest BCUT2D eigenvalue weighted by Crippen LogP contribution is -1.95. The zero-order chi connectivity index (χ0) is 13.2. The Balaban J connectivity index is 1.92. The first-order chi connectivity index (χ1) is 9.26. The van der Waals surface area contributed by atoms with E-state index in [2.05, 4.69) is 57.0 Å². The number of hydrogen-bond acceptors (Lipinski definition) is 2. The molecule has 0 unspecified atom stereocenters. The molecule has 0 fully saturated rings. The Hall–Kier alpha value is -1.26. The molecule has 2 heterocycles. The number of halogens is 1. The van der Waals surface area contributed by atoms with Crippen LogP contribution in [0.1, 0.15) is 11.8 Å². The Morgan fingerprint density at radius 3 is 2.84 bits per heavy atom. The maximum absolute atomic E-state index is 5.53. The zero-order valence-electron chi connectivity index (χ0n) is 10.6. The predicted octanol–water partition coefficient (Wildman–Crippen LogP) is 4.91. The van der Waals surface area contributed by atoms with Crippen molar-refractivity contribution in [3.05, 3.63) is 51.3 Å². The van der Waals surface area contributed by atoms with Crippen LogP contribution in [0.25, 0.3) is 10.9 Å². The van der Waals surface area contributed by atoms with Crippen molar-refractivity contribution in [1.82, 2.24) is 4.57 Å². The normalized spacial score (nSPS) is 11.1. The molecule has 0 amide bonds. The van der Waals surface area contributed by atoms with E-state index < -0.39 is 0 Å². The molecule has 0 saturated carbocycles. The number of thiophene rings is 1. The van der Waals surface area contributed by atoms with Crippen LogP contribution < -0.4 is 4.74 Å². The van der Waals surface area contributed by atoms with Gasteiger partial charge in [0.2, 0.25) is 0 Å². The first kappa shape index (κ1) is 12.8. The molecule has 1 aromatic carbocycles. The van der Waals surface area contributed by atoms with Crippen molar-refractivity contribution in [3.8, 4) is 5.75 Å². The van der Waals surface area contributed by atoms with Crippen molar-refractivity contribution in [3.63, 3.8) is 0 Å². The first-order valence-electron chi connectivity index (χ1n) is 6.22. The third kappa shape index (κ3) is 2.69. The number of fused-ring (bicyclic) bond motifs is 1. The number of ether oxygens (including phenoxy) is 1. The molecular formula is C15H14BrNOS. The molecule has 0 spiro atoms. The van der Waals surface area contributed by atoms with Crippen LogP contribution in [0.3, 0.4) is 0 Å². The molecule has 0 radical (unpaired) electrons. The second-order valence-electron chi connectivity index (χ2n) is 4.30. The van der Waals surface area contributed by atoms with Gasteiger partial charge in [-0.1, -0.05) is 0 Å². The molecule has 2 nitrogen and oxygen atoms in total. The van der Waals surface area contributed by atoms with Gasteiger partial charge in [-0.15, -0.1) is 11.3 Å². The SMILES string of the molecule is CCOc1ccc2c(ccn2Cc2ccc(Br)s2)c1. The molecule has 0 bridgehead atoms. The summed E-state index contributed by atoms with van der Waals surface area (Å²) in [6, 6.07) is 12.7. The van der Waals surface area contributed by atoms with Gasteiger partial charge in [-0.3, -0.25) is 0 Å². The fourth-order valence-electron chi connectivity index (χ4n) is 2.18. The highest BCUT2D eigenvalue weighted by molar-refractivity contribution is 9.11. The van der Waals surface area contributed by atoms with E-state index in [9.17, 15) is 0 Å². The number of nitrogens with zero attached hydrogens (tertiary/aromatic N) is 1. The van der Waals surface area contributed by atoms with Crippen LogP contribution in [0, 0.1) is 0 Å². The molecule has 4 heteroatoms. The van der Waals surface area contributed by atoms with E-state index in [1.54, 1.807) is 11.3 Å². The van der Waals surface area contributed by atoms with Gasteiger partial charge in [0.25, 0.3) is 0 Å². The minimum atomic E-state index is 0.704. The summed E-state index contributed by atoms with van der Waals surface area (Å²) in [5.74, 6) is 0.937. The van der Waals surface area contributed by atoms with Crippen molar-refractivity contribution in [2.45, 2.75) is 13.5 Å². The lowest BCUT2D eigenvalue weighted by atomic mass is 10.2. The third-order valence-electron chi connectivity index (χ3n) is 3.01. The van der Waals surface area contributed by atoms with Crippen molar-refractivity contribution in [1.29, 1.82) is 0 Å². The summed E-state index contributed by atoms with van der Waals surface area (Å²) in [4.78, 5) is 1.35. The maximum atomic E-state index is 5.53. The zero-order valence-corrected chi connectivity index (χ0v) is 13.0. The van der Waals surface area contributed by atoms with Crippen LogP contribution >= 0.6 is 27.3 Å². The Labute approximate surface area is 124 Å². The van der Waals surface area contributed by atoms with Gasteiger partial charge in [0.05, 0.1) is 16.9 Å². The smallest absolute Gasteiger partial charge is 0.120 e. The fourth-order valence-corrected chi connectivity index (χ4v) is 3.66. The van der Waals surface area contributed by atoms with Gasteiger partial charge in [-0.2, -0.15) is 0 Å². The van der Waals surface area contributed by atoms with Crippen LogP contribution in [-0.2, 0) is 6.54 Å². The predicted molar refractivity (Wildman–Crippen MR) is 84.2 cm³/mol. The van der Waals surface area contributed by atoms with Crippen molar-refractivity contribution < 1.29 is 4.74 Å². The molecule has 3 aromatic rings. The highest BCUT2D eigenvalue weighted by Gasteiger charge is 2.05. The quantitative estimate of drug-likeness (QED) is 0.660. The summed E-state index contributed by atoms with van der Waals surface area (Å²) < 4.78 is 8.98. The number of aromatic nitrogens is 1. The Kier molecular flexibility index (Phi) is 3.62. The standard InChI is InChI=1S/C15H14BrNOS/c1-2-18-12-3-5-14-11(9-12)7-8-17(14)10-13-4-6-15(16)19-13/h3-9H,2,10H2,1H3. The maximum Gasteiger partial charge on any atom is 0.120 e. The monoisotopic (exact) mass is 335 g/mol. The summed E-state index contributed by atoms with van der Waals surface area (Å²) in [6.45, 7) is 3.62. The summed E-state index contributed by atoms with van der Waals surface area (Å²) in [5, 5.41) is 1.22. The van der Waals surface area contributed by atoms with E-state index in [0.717, 1.165) is 12.3 Å². The summed E-state index contributed by atoms with van der Waals surface area (Å²) >= 11 is 5.28. The van der Waals surface area contributed by atoms with Crippen molar-refractivity contribution in [2.75, 3.05) is 6.61 Å². The molecule has 0 aliphatic carbocycles. The topological polar surface area (TPSA) is 14.2 Å². The lowest BCUT2D eigenvalue weighted by Gasteiger charge is -2.05. The van der Waals surface area contributed by atoms with Crippen LogP contribution in [-0.4, -0.2) is 11.2 Å². The molecule has 0 atom stereocenters. The van der Waals surface area contributed by atoms with E-state index >= 15 is 0 Å². The molecule has 19 heavy (non-hydrogen) atoms. The number of hydrogen-bond donors (Lipinski definition) is 0. The van der Waals surface area contributed by atoms with Crippen molar-refractivity contribution >= 4 is 38.2 Å².